The third-order valence-corrected chi connectivity index (χ3v) is 8.77. The van der Waals surface area contributed by atoms with Gasteiger partial charge in [0.1, 0.15) is 36.2 Å². The minimum Gasteiger partial charge on any atom is -0.492 e. The van der Waals surface area contributed by atoms with Crippen molar-refractivity contribution >= 4 is 0 Å². The molecule has 2 heterocycles. The predicted molar refractivity (Wildman–Crippen MR) is 185 cm³/mol. The average molecular weight is 637 g/mol. The number of benzene rings is 4. The minimum atomic E-state index is -0.718. The van der Waals surface area contributed by atoms with Crippen LogP contribution in [0.15, 0.2) is 109 Å². The Hall–Kier alpha value is -4.04. The Labute approximate surface area is 280 Å². The van der Waals surface area contributed by atoms with Gasteiger partial charge in [0.05, 0.1) is 0 Å². The highest BCUT2D eigenvalue weighted by atomic mass is 16.8. The van der Waals surface area contributed by atoms with E-state index < -0.39 is 12.6 Å². The molecule has 2 aliphatic heterocycles. The highest BCUT2D eigenvalue weighted by molar-refractivity contribution is 5.33. The molecule has 0 saturated carbocycles. The van der Waals surface area contributed by atoms with Gasteiger partial charge in [-0.1, -0.05) is 73.5 Å². The largest absolute Gasteiger partial charge is 0.492 e. The van der Waals surface area contributed by atoms with Gasteiger partial charge >= 0.3 is 0 Å². The van der Waals surface area contributed by atoms with Crippen LogP contribution in [0.3, 0.4) is 0 Å². The van der Waals surface area contributed by atoms with Gasteiger partial charge in [0.25, 0.3) is 0 Å². The topological polar surface area (TPSA) is 52.6 Å². The normalized spacial score (nSPS) is 17.0. The smallest absolute Gasteiger partial charge is 0.230 e. The van der Waals surface area contributed by atoms with Crippen molar-refractivity contribution in [2.45, 2.75) is 51.1 Å². The molecule has 2 unspecified atom stereocenters. The number of piperidine rings is 2. The molecule has 0 aromatic heterocycles. The maximum atomic E-state index is 6.64. The van der Waals surface area contributed by atoms with Gasteiger partial charge in [-0.05, 0) is 100 Å². The highest BCUT2D eigenvalue weighted by Gasteiger charge is 2.24. The molecular formula is C40H48N2O5. The summed E-state index contributed by atoms with van der Waals surface area (Å²) in [6, 6.07) is 35.4. The zero-order valence-electron chi connectivity index (χ0n) is 27.4. The molecule has 7 nitrogen and oxygen atoms in total. The van der Waals surface area contributed by atoms with E-state index in [9.17, 15) is 0 Å². The van der Waals surface area contributed by atoms with Gasteiger partial charge in [-0.15, -0.1) is 0 Å². The van der Waals surface area contributed by atoms with Crippen molar-refractivity contribution in [1.29, 1.82) is 0 Å². The number of nitrogens with zero attached hydrogens (tertiary/aromatic N) is 2. The van der Waals surface area contributed by atoms with Crippen LogP contribution in [0.1, 0.15) is 62.2 Å². The molecule has 47 heavy (non-hydrogen) atoms. The quantitative estimate of drug-likeness (QED) is 0.115. The lowest BCUT2D eigenvalue weighted by atomic mass is 10.1. The first kappa shape index (κ1) is 32.9. The molecule has 248 valence electrons. The molecule has 4 aromatic carbocycles. The van der Waals surface area contributed by atoms with Crippen molar-refractivity contribution in [2.75, 3.05) is 52.5 Å². The van der Waals surface area contributed by atoms with Crippen LogP contribution in [0.5, 0.6) is 23.0 Å². The zero-order valence-corrected chi connectivity index (χ0v) is 27.4. The number of ether oxygens (including phenoxy) is 5. The summed E-state index contributed by atoms with van der Waals surface area (Å²) < 4.78 is 31.7. The van der Waals surface area contributed by atoms with Crippen LogP contribution >= 0.6 is 0 Å². The first-order valence-electron chi connectivity index (χ1n) is 17.3. The van der Waals surface area contributed by atoms with Crippen LogP contribution < -0.4 is 18.9 Å². The van der Waals surface area contributed by atoms with Crippen LogP contribution in [0.2, 0.25) is 0 Å². The van der Waals surface area contributed by atoms with Gasteiger partial charge in [-0.3, -0.25) is 14.5 Å². The first-order valence-corrected chi connectivity index (χ1v) is 17.3. The van der Waals surface area contributed by atoms with Crippen LogP contribution in [0.25, 0.3) is 0 Å². The molecule has 0 radical (unpaired) electrons. The fourth-order valence-electron chi connectivity index (χ4n) is 6.11. The lowest BCUT2D eigenvalue weighted by molar-refractivity contribution is -0.192. The molecule has 7 heteroatoms. The van der Waals surface area contributed by atoms with Crippen molar-refractivity contribution < 1.29 is 23.7 Å². The van der Waals surface area contributed by atoms with Gasteiger partial charge in [0.15, 0.2) is 0 Å². The lowest BCUT2D eigenvalue weighted by Gasteiger charge is -2.27. The van der Waals surface area contributed by atoms with Gasteiger partial charge in [0, 0.05) is 24.2 Å². The lowest BCUT2D eigenvalue weighted by Crippen LogP contribution is -2.33. The van der Waals surface area contributed by atoms with Crippen LogP contribution in [-0.2, 0) is 4.74 Å². The molecule has 2 fully saturated rings. The standard InChI is InChI=1S/C40H48N2O5/c1-5-13-33(14-6-1)39(45-37-21-17-35(18-22-37)43-31-29-41-25-9-3-10-26-41)47-40(34-15-7-2-8-16-34)46-38-23-19-36(20-24-38)44-32-30-42-27-11-4-12-28-42/h1-2,5-8,13-24,39-40H,3-4,9-12,25-32H2. The molecule has 0 N–H and O–H groups in total. The van der Waals surface area contributed by atoms with Crippen molar-refractivity contribution in [2.24, 2.45) is 0 Å². The van der Waals surface area contributed by atoms with Crippen LogP contribution in [-0.4, -0.2) is 62.3 Å². The van der Waals surface area contributed by atoms with Gasteiger partial charge < -0.3 is 18.9 Å². The van der Waals surface area contributed by atoms with Gasteiger partial charge in [-0.2, -0.15) is 0 Å². The fraction of sp³-hybridized carbons (Fsp3) is 0.400. The second-order valence-corrected chi connectivity index (χ2v) is 12.3. The summed E-state index contributed by atoms with van der Waals surface area (Å²) in [5.74, 6) is 3.02. The summed E-state index contributed by atoms with van der Waals surface area (Å²) in [7, 11) is 0. The molecule has 2 aliphatic rings. The molecule has 0 bridgehead atoms. The maximum absolute atomic E-state index is 6.64. The zero-order chi connectivity index (χ0) is 31.9. The Balaban J connectivity index is 1.09. The SMILES string of the molecule is c1ccc(C(Oc2ccc(OCCN3CCCCC3)cc2)OC(Oc2ccc(OCCN3CCCCC3)cc2)c2ccccc2)cc1. The van der Waals surface area contributed by atoms with E-state index >= 15 is 0 Å². The van der Waals surface area contributed by atoms with E-state index in [0.29, 0.717) is 24.7 Å². The summed E-state index contributed by atoms with van der Waals surface area (Å²) >= 11 is 0. The number of rotatable bonds is 16. The van der Waals surface area contributed by atoms with E-state index in [1.807, 2.05) is 109 Å². The van der Waals surface area contributed by atoms with Crippen molar-refractivity contribution in [1.82, 2.24) is 9.80 Å². The summed E-state index contributed by atoms with van der Waals surface area (Å²) in [4.78, 5) is 4.96. The third kappa shape index (κ3) is 10.5. The van der Waals surface area contributed by atoms with Gasteiger partial charge in [-0.25, -0.2) is 0 Å². The van der Waals surface area contributed by atoms with E-state index in [1.165, 1.54) is 64.7 Å². The Morgan fingerprint density at radius 1 is 0.426 bits per heavy atom. The Morgan fingerprint density at radius 2 is 0.787 bits per heavy atom. The van der Waals surface area contributed by atoms with E-state index in [4.69, 9.17) is 23.7 Å². The van der Waals surface area contributed by atoms with Gasteiger partial charge in [0.2, 0.25) is 12.6 Å². The van der Waals surface area contributed by atoms with Crippen LogP contribution in [0, 0.1) is 0 Å². The molecule has 0 spiro atoms. The van der Waals surface area contributed by atoms with Crippen molar-refractivity contribution in [3.8, 4) is 23.0 Å². The Morgan fingerprint density at radius 3 is 1.17 bits per heavy atom. The van der Waals surface area contributed by atoms with Crippen LogP contribution in [0.4, 0.5) is 0 Å². The monoisotopic (exact) mass is 636 g/mol. The molecular weight excluding hydrogens is 588 g/mol. The second-order valence-electron chi connectivity index (χ2n) is 12.3. The Kier molecular flexibility index (Phi) is 12.4. The van der Waals surface area contributed by atoms with Crippen molar-refractivity contribution in [3.63, 3.8) is 0 Å². The summed E-state index contributed by atoms with van der Waals surface area (Å²) in [6.45, 7) is 7.95. The third-order valence-electron chi connectivity index (χ3n) is 8.77. The molecule has 2 atom stereocenters. The number of hydrogen-bond acceptors (Lipinski definition) is 7. The van der Waals surface area contributed by atoms with E-state index in [-0.39, 0.29) is 0 Å². The number of likely N-dealkylation sites (tertiary alicyclic amines) is 2. The first-order chi connectivity index (χ1) is 23.3. The average Bonchev–Trinajstić information content (AvgIpc) is 3.14. The maximum Gasteiger partial charge on any atom is 0.230 e. The van der Waals surface area contributed by atoms with E-state index in [0.717, 1.165) is 35.7 Å². The fourth-order valence-corrected chi connectivity index (χ4v) is 6.11. The summed E-state index contributed by atoms with van der Waals surface area (Å²) in [5, 5.41) is 0. The molecule has 6 rings (SSSR count). The Bertz CT molecular complexity index is 1310. The highest BCUT2D eigenvalue weighted by Crippen LogP contribution is 2.33. The minimum absolute atomic E-state index is 0.678. The molecule has 0 aliphatic carbocycles. The van der Waals surface area contributed by atoms with E-state index in [2.05, 4.69) is 9.80 Å². The van der Waals surface area contributed by atoms with E-state index in [1.54, 1.807) is 0 Å². The number of hydrogen-bond donors (Lipinski definition) is 0. The molecule has 0 amide bonds. The summed E-state index contributed by atoms with van der Waals surface area (Å²) in [6.07, 6.45) is 6.38. The summed E-state index contributed by atoms with van der Waals surface area (Å²) in [5.41, 5.74) is 1.77. The molecule has 4 aromatic rings. The second kappa shape index (κ2) is 17.8. The molecule has 2 saturated heterocycles. The van der Waals surface area contributed by atoms with Crippen molar-refractivity contribution in [3.05, 3.63) is 120 Å². The predicted octanol–water partition coefficient (Wildman–Crippen LogP) is 8.29.